The largest absolute Gasteiger partial charge is 0.738 e. The predicted molar refractivity (Wildman–Crippen MR) is 146 cm³/mol. The number of nitrogens with zero attached hydrogens (tertiary/aromatic N) is 2. The molecule has 2 aliphatic heterocycles. The molecule has 44 heavy (non-hydrogen) atoms. The Labute approximate surface area is 255 Å². The van der Waals surface area contributed by atoms with Crippen LogP contribution < -0.4 is 0 Å². The topological polar surface area (TPSA) is 217 Å². The monoisotopic (exact) mass is 628 g/mol. The zero-order valence-electron chi connectivity index (χ0n) is 25.1. The lowest BCUT2D eigenvalue weighted by molar-refractivity contribution is -0.415. The summed E-state index contributed by atoms with van der Waals surface area (Å²) in [6.45, 7) is 3.69. The maximum Gasteiger partial charge on any atom is 0.331 e. The van der Waals surface area contributed by atoms with Crippen LogP contribution in [0.1, 0.15) is 78.1 Å². The summed E-state index contributed by atoms with van der Waals surface area (Å²) < 4.78 is 17.3. The number of ether oxygens (including phenoxy) is 3. The number of hydrogen-bond acceptors (Lipinski definition) is 15. The fourth-order valence-corrected chi connectivity index (χ4v) is 10.4. The summed E-state index contributed by atoms with van der Waals surface area (Å²) in [5, 5.41) is 74.5. The molecule has 0 spiro atoms. The van der Waals surface area contributed by atoms with Crippen molar-refractivity contribution in [1.29, 1.82) is 0 Å². The van der Waals surface area contributed by atoms with Gasteiger partial charge in [-0.1, -0.05) is 6.92 Å². The number of esters is 1. The standard InChI is InChI=1S/C29H44N2O13/c1-16-25(44-31(38)39)22(43-30(36)37)12-24(41-16)42-18-3-8-27(15-32)20-4-7-26(2)19(17-11-23(33)40-14-17)6-10-29(26,35)21(20)5-9-28(27,34)13-18/h11,16,18-22,24-25,32,34-36,38H,3-10,12-15H2,1-2H3/q-2/t16-,18+,19-,20+,21+,22-,24+,25-,26-,27+,28+,29+/m1/s1. The summed E-state index contributed by atoms with van der Waals surface area (Å²) in [6.07, 6.45) is 1.67. The third-order valence-electron chi connectivity index (χ3n) is 12.4. The van der Waals surface area contributed by atoms with Crippen molar-refractivity contribution >= 4 is 5.97 Å². The smallest absolute Gasteiger partial charge is 0.331 e. The van der Waals surface area contributed by atoms with E-state index < -0.39 is 63.5 Å². The molecule has 15 heteroatoms. The molecule has 4 aliphatic carbocycles. The van der Waals surface area contributed by atoms with E-state index in [0.29, 0.717) is 38.5 Å². The third-order valence-corrected chi connectivity index (χ3v) is 12.4. The molecule has 250 valence electrons. The van der Waals surface area contributed by atoms with Crippen molar-refractivity contribution in [2.45, 2.75) is 120 Å². The molecule has 0 aromatic carbocycles. The van der Waals surface area contributed by atoms with Crippen LogP contribution in [0, 0.1) is 39.0 Å². The molecular formula is C29H44N2O13-2. The van der Waals surface area contributed by atoms with Gasteiger partial charge in [-0.05, 0) is 81.6 Å². The lowest BCUT2D eigenvalue weighted by atomic mass is 9.41. The third kappa shape index (κ3) is 5.14. The average molecular weight is 629 g/mol. The molecule has 0 bridgehead atoms. The van der Waals surface area contributed by atoms with Crippen molar-refractivity contribution in [3.8, 4) is 0 Å². The molecule has 4 saturated carbocycles. The van der Waals surface area contributed by atoms with Gasteiger partial charge in [-0.2, -0.15) is 0 Å². The van der Waals surface area contributed by atoms with Crippen molar-refractivity contribution in [3.63, 3.8) is 0 Å². The number of carbonyl (C=O) groups excluding carboxylic acids is 1. The molecule has 1 saturated heterocycles. The highest BCUT2D eigenvalue weighted by Crippen LogP contribution is 2.70. The maximum atomic E-state index is 12.4. The van der Waals surface area contributed by atoms with Gasteiger partial charge in [0, 0.05) is 29.7 Å². The zero-order valence-corrected chi connectivity index (χ0v) is 25.1. The van der Waals surface area contributed by atoms with Crippen LogP contribution in [0.4, 0.5) is 0 Å². The number of aliphatic hydroxyl groups is 3. The maximum absolute atomic E-state index is 12.4. The minimum Gasteiger partial charge on any atom is -0.738 e. The van der Waals surface area contributed by atoms with Gasteiger partial charge in [0.25, 0.3) is 0 Å². The Morgan fingerprint density at radius 3 is 2.41 bits per heavy atom. The van der Waals surface area contributed by atoms with E-state index in [1.165, 1.54) is 6.92 Å². The van der Waals surface area contributed by atoms with Gasteiger partial charge in [-0.15, -0.1) is 10.8 Å². The van der Waals surface area contributed by atoms with Crippen molar-refractivity contribution in [3.05, 3.63) is 22.1 Å². The molecule has 2 heterocycles. The fraction of sp³-hybridized carbons (Fsp3) is 0.897. The number of cyclic esters (lactones) is 1. The van der Waals surface area contributed by atoms with Gasteiger partial charge in [-0.25, -0.2) is 4.79 Å². The molecule has 0 unspecified atom stereocenters. The first-order valence-corrected chi connectivity index (χ1v) is 15.6. The highest BCUT2D eigenvalue weighted by Gasteiger charge is 2.71. The lowest BCUT2D eigenvalue weighted by Gasteiger charge is -2.66. The van der Waals surface area contributed by atoms with Gasteiger partial charge in [0.1, 0.15) is 18.8 Å². The van der Waals surface area contributed by atoms with Crippen LogP contribution in [0.3, 0.4) is 0 Å². The Hall–Kier alpha value is -1.31. The second-order valence-electron chi connectivity index (χ2n) is 14.1. The van der Waals surface area contributed by atoms with Crippen LogP contribution >= 0.6 is 0 Å². The molecule has 6 aliphatic rings. The first kappa shape index (κ1) is 32.6. The van der Waals surface area contributed by atoms with Gasteiger partial charge in [0.15, 0.2) is 6.29 Å². The summed E-state index contributed by atoms with van der Waals surface area (Å²) in [5.41, 5.74) is -2.59. The normalized spacial score (nSPS) is 49.0. The van der Waals surface area contributed by atoms with Crippen molar-refractivity contribution in [2.24, 2.45) is 28.6 Å². The summed E-state index contributed by atoms with van der Waals surface area (Å²) in [4.78, 5) is 21.4. The van der Waals surface area contributed by atoms with E-state index in [2.05, 4.69) is 6.92 Å². The van der Waals surface area contributed by atoms with Crippen molar-refractivity contribution < 1.29 is 54.4 Å². The van der Waals surface area contributed by atoms with Crippen molar-refractivity contribution in [2.75, 3.05) is 13.2 Å². The van der Waals surface area contributed by atoms with Crippen LogP contribution in [-0.4, -0.2) is 97.6 Å². The minimum absolute atomic E-state index is 0.0410. The van der Waals surface area contributed by atoms with Gasteiger partial charge < -0.3 is 50.4 Å². The highest BCUT2D eigenvalue weighted by molar-refractivity contribution is 5.85. The first-order valence-electron chi connectivity index (χ1n) is 15.6. The van der Waals surface area contributed by atoms with E-state index in [1.54, 1.807) is 6.08 Å². The van der Waals surface area contributed by atoms with E-state index in [-0.39, 0.29) is 49.8 Å². The van der Waals surface area contributed by atoms with E-state index in [9.17, 15) is 30.5 Å². The number of rotatable bonds is 8. The number of fused-ring (bicyclic) bond motifs is 5. The van der Waals surface area contributed by atoms with E-state index >= 15 is 0 Å². The van der Waals surface area contributed by atoms with Gasteiger partial charge in [0.05, 0.1) is 30.0 Å². The number of aliphatic hydroxyl groups excluding tert-OH is 1. The quantitative estimate of drug-likeness (QED) is 0.147. The highest BCUT2D eigenvalue weighted by atomic mass is 17.1. The Kier molecular flexibility index (Phi) is 8.70. The summed E-state index contributed by atoms with van der Waals surface area (Å²) in [5.74, 6) is -0.521. The molecule has 15 nitrogen and oxygen atoms in total. The summed E-state index contributed by atoms with van der Waals surface area (Å²) >= 11 is 0. The molecule has 6 rings (SSSR count). The second-order valence-corrected chi connectivity index (χ2v) is 14.1. The van der Waals surface area contributed by atoms with E-state index in [1.807, 2.05) is 0 Å². The average Bonchev–Trinajstić information content (AvgIpc) is 3.49. The molecular weight excluding hydrogens is 584 g/mol. The van der Waals surface area contributed by atoms with Gasteiger partial charge in [-0.3, -0.25) is 9.68 Å². The summed E-state index contributed by atoms with van der Waals surface area (Å²) in [7, 11) is 0. The molecule has 0 aromatic heterocycles. The van der Waals surface area contributed by atoms with Crippen LogP contribution in [0.25, 0.3) is 0 Å². The molecule has 12 atom stereocenters. The Balaban J connectivity index is 1.17. The fourth-order valence-electron chi connectivity index (χ4n) is 10.4. The molecule has 0 amide bonds. The molecule has 0 radical (unpaired) electrons. The molecule has 0 aromatic rings. The molecule has 5 N–H and O–H groups in total. The minimum atomic E-state index is -1.26. The van der Waals surface area contributed by atoms with Crippen LogP contribution in [0.2, 0.25) is 0 Å². The van der Waals surface area contributed by atoms with Crippen LogP contribution in [0.5, 0.6) is 0 Å². The van der Waals surface area contributed by atoms with Gasteiger partial charge in [0.2, 0.25) is 0 Å². The van der Waals surface area contributed by atoms with Crippen molar-refractivity contribution in [1.82, 2.24) is 10.8 Å². The lowest BCUT2D eigenvalue weighted by Crippen LogP contribution is -2.69. The Bertz CT molecular complexity index is 1120. The van der Waals surface area contributed by atoms with Crippen LogP contribution in [0.15, 0.2) is 11.6 Å². The zero-order chi connectivity index (χ0) is 31.7. The number of carbonyl (C=O) groups is 1. The van der Waals surface area contributed by atoms with E-state index in [4.69, 9.17) is 34.3 Å². The predicted octanol–water partition coefficient (Wildman–Crippen LogP) is 1.83. The Morgan fingerprint density at radius 1 is 1.02 bits per heavy atom. The second kappa shape index (κ2) is 11.7. The SMILES string of the molecule is C[C@H]1O[C@@H](O[C@H]2CC[C@]3(CO)[C@H]4CC[C@]5(C)[C@@H](C6=CC(=O)OC6)CC[C@]5(O)[C@H]4CC[C@]3(O)C2)C[C@@H](ON([O-])O)[C@@H]1ON([O-])O. The van der Waals surface area contributed by atoms with Gasteiger partial charge >= 0.3 is 5.97 Å². The number of hydrogen-bond donors (Lipinski definition) is 5. The Morgan fingerprint density at radius 2 is 1.75 bits per heavy atom. The summed E-state index contributed by atoms with van der Waals surface area (Å²) in [6, 6.07) is 0. The van der Waals surface area contributed by atoms with E-state index in [0.717, 1.165) is 18.4 Å². The molecule has 5 fully saturated rings. The first-order chi connectivity index (χ1) is 20.7. The van der Waals surface area contributed by atoms with Crippen LogP contribution in [-0.2, 0) is 28.7 Å².